The summed E-state index contributed by atoms with van der Waals surface area (Å²) >= 11 is 1.79. The Morgan fingerprint density at radius 3 is 2.72 bits per heavy atom. The van der Waals surface area contributed by atoms with E-state index in [0.29, 0.717) is 12.2 Å². The molecule has 2 nitrogen and oxygen atoms in total. The highest BCUT2D eigenvalue weighted by molar-refractivity contribution is 7.12. The smallest absolute Gasteiger partial charge is 0.312 e. The second-order valence-corrected chi connectivity index (χ2v) is 6.10. The Balaban J connectivity index is 2.13. The fourth-order valence-corrected chi connectivity index (χ4v) is 3.56. The summed E-state index contributed by atoms with van der Waals surface area (Å²) in [6, 6.07) is 10.0. The molecule has 0 saturated heterocycles. The molecule has 2 heterocycles. The van der Waals surface area contributed by atoms with Gasteiger partial charge in [-0.2, -0.15) is 0 Å². The Bertz CT molecular complexity index is 613. The first-order valence-electron chi connectivity index (χ1n) is 6.01. The zero-order chi connectivity index (χ0) is 12.7. The van der Waals surface area contributed by atoms with Crippen molar-refractivity contribution in [3.05, 3.63) is 51.2 Å². The first kappa shape index (κ1) is 11.5. The molecular formula is C15H14O2S. The van der Waals surface area contributed by atoms with Gasteiger partial charge in [0, 0.05) is 21.2 Å². The van der Waals surface area contributed by atoms with Crippen LogP contribution in [-0.4, -0.2) is 5.97 Å². The number of para-hydroxylation sites is 1. The van der Waals surface area contributed by atoms with Gasteiger partial charge in [0.25, 0.3) is 0 Å². The van der Waals surface area contributed by atoms with Crippen LogP contribution in [0.3, 0.4) is 0 Å². The van der Waals surface area contributed by atoms with E-state index in [1.54, 1.807) is 11.3 Å². The van der Waals surface area contributed by atoms with Crippen LogP contribution in [0.5, 0.6) is 5.75 Å². The van der Waals surface area contributed by atoms with Crippen molar-refractivity contribution >= 4 is 17.3 Å². The van der Waals surface area contributed by atoms with Crippen molar-refractivity contribution in [3.8, 4) is 5.75 Å². The van der Waals surface area contributed by atoms with Gasteiger partial charge in [-0.15, -0.1) is 11.3 Å². The first-order chi connectivity index (χ1) is 8.65. The van der Waals surface area contributed by atoms with E-state index in [0.717, 1.165) is 5.56 Å². The fraction of sp³-hybridized carbons (Fsp3) is 0.267. The monoisotopic (exact) mass is 258 g/mol. The Kier molecular flexibility index (Phi) is 2.71. The van der Waals surface area contributed by atoms with Gasteiger partial charge in [0.05, 0.1) is 6.42 Å². The van der Waals surface area contributed by atoms with E-state index in [4.69, 9.17) is 4.74 Å². The van der Waals surface area contributed by atoms with E-state index in [-0.39, 0.29) is 11.9 Å². The molecule has 1 aromatic carbocycles. The van der Waals surface area contributed by atoms with Gasteiger partial charge in [-0.3, -0.25) is 4.79 Å². The summed E-state index contributed by atoms with van der Waals surface area (Å²) < 4.78 is 5.29. The van der Waals surface area contributed by atoms with Crippen LogP contribution in [0.15, 0.2) is 30.3 Å². The number of hydrogen-bond acceptors (Lipinski definition) is 3. The fourth-order valence-electron chi connectivity index (χ4n) is 2.58. The van der Waals surface area contributed by atoms with Crippen molar-refractivity contribution in [2.45, 2.75) is 26.2 Å². The highest BCUT2D eigenvalue weighted by Crippen LogP contribution is 2.41. The maximum Gasteiger partial charge on any atom is 0.312 e. The summed E-state index contributed by atoms with van der Waals surface area (Å²) in [5.74, 6) is 0.719. The Hall–Kier alpha value is -1.61. The van der Waals surface area contributed by atoms with Crippen molar-refractivity contribution < 1.29 is 9.53 Å². The summed E-state index contributed by atoms with van der Waals surface area (Å²) in [5, 5.41) is 0. The van der Waals surface area contributed by atoms with Gasteiger partial charge in [-0.25, -0.2) is 0 Å². The van der Waals surface area contributed by atoms with E-state index >= 15 is 0 Å². The van der Waals surface area contributed by atoms with Gasteiger partial charge in [-0.1, -0.05) is 18.2 Å². The van der Waals surface area contributed by atoms with Crippen LogP contribution in [0.4, 0.5) is 0 Å². The van der Waals surface area contributed by atoms with Crippen LogP contribution < -0.4 is 4.74 Å². The molecule has 18 heavy (non-hydrogen) atoms. The van der Waals surface area contributed by atoms with Gasteiger partial charge in [0.1, 0.15) is 5.75 Å². The van der Waals surface area contributed by atoms with Crippen LogP contribution in [0.1, 0.15) is 33.2 Å². The molecule has 2 aromatic rings. The topological polar surface area (TPSA) is 26.3 Å². The molecule has 3 rings (SSSR count). The zero-order valence-corrected chi connectivity index (χ0v) is 11.2. The lowest BCUT2D eigenvalue weighted by Gasteiger charge is -2.24. The minimum Gasteiger partial charge on any atom is -0.426 e. The van der Waals surface area contributed by atoms with Crippen LogP contribution in [0, 0.1) is 13.8 Å². The largest absolute Gasteiger partial charge is 0.426 e. The second-order valence-electron chi connectivity index (χ2n) is 4.64. The zero-order valence-electron chi connectivity index (χ0n) is 10.4. The summed E-state index contributed by atoms with van der Waals surface area (Å²) in [7, 11) is 0. The SMILES string of the molecule is Cc1cc([C@@H]2CC(=O)Oc3ccccc32)c(C)s1. The number of benzene rings is 1. The number of ether oxygens (including phenoxy) is 1. The first-order valence-corrected chi connectivity index (χ1v) is 6.83. The highest BCUT2D eigenvalue weighted by Gasteiger charge is 2.29. The lowest BCUT2D eigenvalue weighted by atomic mass is 9.86. The number of esters is 1. The number of hydrogen-bond donors (Lipinski definition) is 0. The maximum atomic E-state index is 11.7. The van der Waals surface area contributed by atoms with Crippen molar-refractivity contribution in [1.29, 1.82) is 0 Å². The lowest BCUT2D eigenvalue weighted by Crippen LogP contribution is -2.20. The molecule has 0 saturated carbocycles. The standard InChI is InChI=1S/C15H14O2S/c1-9-7-12(10(2)18-9)13-8-15(16)17-14-6-4-3-5-11(13)14/h3-7,13H,8H2,1-2H3/t13-/m1/s1. The molecule has 92 valence electrons. The highest BCUT2D eigenvalue weighted by atomic mass is 32.1. The van der Waals surface area contributed by atoms with E-state index < -0.39 is 0 Å². The molecule has 1 aliphatic rings. The molecule has 1 aromatic heterocycles. The summed E-state index contributed by atoms with van der Waals surface area (Å²) in [4.78, 5) is 14.3. The third-order valence-corrected chi connectivity index (χ3v) is 4.33. The van der Waals surface area contributed by atoms with Crippen LogP contribution >= 0.6 is 11.3 Å². The third kappa shape index (κ3) is 1.85. The predicted octanol–water partition coefficient (Wildman–Crippen LogP) is 3.81. The molecule has 0 spiro atoms. The van der Waals surface area contributed by atoms with Crippen molar-refractivity contribution in [1.82, 2.24) is 0 Å². The van der Waals surface area contributed by atoms with Gasteiger partial charge in [0.15, 0.2) is 0 Å². The van der Waals surface area contributed by atoms with Crippen LogP contribution in [-0.2, 0) is 4.79 Å². The lowest BCUT2D eigenvalue weighted by molar-refractivity contribution is -0.135. The number of fused-ring (bicyclic) bond motifs is 1. The quantitative estimate of drug-likeness (QED) is 0.574. The second kappa shape index (κ2) is 4.25. The van der Waals surface area contributed by atoms with Gasteiger partial charge in [-0.05, 0) is 31.5 Å². The van der Waals surface area contributed by atoms with Crippen molar-refractivity contribution in [2.24, 2.45) is 0 Å². The van der Waals surface area contributed by atoms with Gasteiger partial charge < -0.3 is 4.74 Å². The number of carbonyl (C=O) groups is 1. The van der Waals surface area contributed by atoms with Crippen molar-refractivity contribution in [2.75, 3.05) is 0 Å². The van der Waals surface area contributed by atoms with Gasteiger partial charge in [0.2, 0.25) is 0 Å². The molecule has 1 atom stereocenters. The van der Waals surface area contributed by atoms with Crippen LogP contribution in [0.25, 0.3) is 0 Å². The summed E-state index contributed by atoms with van der Waals surface area (Å²) in [6.07, 6.45) is 0.439. The molecule has 0 bridgehead atoms. The summed E-state index contributed by atoms with van der Waals surface area (Å²) in [5.41, 5.74) is 2.39. The Morgan fingerprint density at radius 2 is 2.00 bits per heavy atom. The van der Waals surface area contributed by atoms with Gasteiger partial charge >= 0.3 is 5.97 Å². The summed E-state index contributed by atoms with van der Waals surface area (Å²) in [6.45, 7) is 4.23. The van der Waals surface area contributed by atoms with E-state index in [2.05, 4.69) is 26.0 Å². The molecule has 3 heteroatoms. The Morgan fingerprint density at radius 1 is 1.22 bits per heavy atom. The normalized spacial score (nSPS) is 18.3. The molecular weight excluding hydrogens is 244 g/mol. The van der Waals surface area contributed by atoms with E-state index in [1.165, 1.54) is 15.3 Å². The minimum atomic E-state index is -0.137. The molecule has 0 aliphatic carbocycles. The molecule has 1 aliphatic heterocycles. The molecule has 0 radical (unpaired) electrons. The molecule has 0 unspecified atom stereocenters. The van der Waals surface area contributed by atoms with Crippen molar-refractivity contribution in [3.63, 3.8) is 0 Å². The average Bonchev–Trinajstić information content (AvgIpc) is 2.67. The Labute approximate surface area is 110 Å². The van der Waals surface area contributed by atoms with E-state index in [1.807, 2.05) is 18.2 Å². The minimum absolute atomic E-state index is 0.137. The number of carbonyl (C=O) groups excluding carboxylic acids is 1. The number of thiophene rings is 1. The van der Waals surface area contributed by atoms with E-state index in [9.17, 15) is 4.79 Å². The maximum absolute atomic E-state index is 11.7. The molecule has 0 N–H and O–H groups in total. The number of rotatable bonds is 1. The predicted molar refractivity (Wildman–Crippen MR) is 72.3 cm³/mol. The molecule has 0 fully saturated rings. The van der Waals surface area contributed by atoms with Crippen LogP contribution in [0.2, 0.25) is 0 Å². The molecule has 0 amide bonds. The number of aryl methyl sites for hydroxylation is 2. The third-order valence-electron chi connectivity index (χ3n) is 3.34. The average molecular weight is 258 g/mol.